The fraction of sp³-hybridized carbons (Fsp3) is 0.125. The van der Waals surface area contributed by atoms with Crippen molar-refractivity contribution < 1.29 is 18.6 Å². The first-order valence-corrected chi connectivity index (χ1v) is 7.23. The molecule has 0 amide bonds. The zero-order valence-electron chi connectivity index (χ0n) is 11.0. The van der Waals surface area contributed by atoms with Crippen molar-refractivity contribution in [2.45, 2.75) is 13.2 Å². The molecule has 0 aliphatic heterocycles. The van der Waals surface area contributed by atoms with Crippen LogP contribution in [0.15, 0.2) is 41.8 Å². The minimum absolute atomic E-state index is 0.0936. The molecule has 0 saturated heterocycles. The van der Waals surface area contributed by atoms with Crippen LogP contribution in [0.5, 0.6) is 5.75 Å². The molecule has 5 heteroatoms. The summed E-state index contributed by atoms with van der Waals surface area (Å²) in [5, 5.41) is 11.8. The number of hydrogen-bond donors (Lipinski definition) is 1. The summed E-state index contributed by atoms with van der Waals surface area (Å²) in [6, 6.07) is 9.94. The number of hydrogen-bond acceptors (Lipinski definition) is 3. The van der Waals surface area contributed by atoms with Crippen LogP contribution in [0.25, 0.3) is 10.1 Å². The van der Waals surface area contributed by atoms with Crippen molar-refractivity contribution in [1.82, 2.24) is 0 Å². The van der Waals surface area contributed by atoms with Gasteiger partial charge in [-0.25, -0.2) is 8.78 Å². The molecule has 1 N–H and O–H groups in total. The second kappa shape index (κ2) is 5.79. The van der Waals surface area contributed by atoms with Crippen molar-refractivity contribution in [3.8, 4) is 5.75 Å². The summed E-state index contributed by atoms with van der Waals surface area (Å²) in [6.07, 6.45) is 0. The van der Waals surface area contributed by atoms with Gasteiger partial charge in [0.05, 0.1) is 6.61 Å². The number of ether oxygens (including phenoxy) is 1. The van der Waals surface area contributed by atoms with E-state index >= 15 is 0 Å². The highest BCUT2D eigenvalue weighted by Gasteiger charge is 2.13. The van der Waals surface area contributed by atoms with E-state index < -0.39 is 24.0 Å². The summed E-state index contributed by atoms with van der Waals surface area (Å²) in [4.78, 5) is 0. The summed E-state index contributed by atoms with van der Waals surface area (Å²) in [7, 11) is 0. The van der Waals surface area contributed by atoms with E-state index in [-0.39, 0.29) is 12.2 Å². The smallest absolute Gasteiger partial charge is 0.191 e. The van der Waals surface area contributed by atoms with E-state index in [1.807, 2.05) is 29.6 Å². The van der Waals surface area contributed by atoms with Gasteiger partial charge in [0.1, 0.15) is 6.61 Å². The Balaban J connectivity index is 1.85. The molecule has 0 atom stereocenters. The number of aliphatic hydroxyl groups excluding tert-OH is 1. The van der Waals surface area contributed by atoms with Gasteiger partial charge >= 0.3 is 0 Å². The van der Waals surface area contributed by atoms with Crippen molar-refractivity contribution in [2.24, 2.45) is 0 Å². The van der Waals surface area contributed by atoms with Crippen LogP contribution < -0.4 is 4.74 Å². The van der Waals surface area contributed by atoms with Crippen LogP contribution in [0.3, 0.4) is 0 Å². The van der Waals surface area contributed by atoms with Gasteiger partial charge in [0, 0.05) is 10.3 Å². The van der Waals surface area contributed by atoms with Gasteiger partial charge in [-0.3, -0.25) is 0 Å². The van der Waals surface area contributed by atoms with Gasteiger partial charge < -0.3 is 9.84 Å². The van der Waals surface area contributed by atoms with Gasteiger partial charge in [0.15, 0.2) is 17.4 Å². The van der Waals surface area contributed by atoms with Crippen LogP contribution in [-0.4, -0.2) is 5.11 Å². The molecular weight excluding hydrogens is 294 g/mol. The van der Waals surface area contributed by atoms with Gasteiger partial charge in [-0.1, -0.05) is 18.2 Å². The maximum Gasteiger partial charge on any atom is 0.191 e. The lowest BCUT2D eigenvalue weighted by molar-refractivity contribution is 0.267. The summed E-state index contributed by atoms with van der Waals surface area (Å²) in [5.74, 6) is -2.03. The molecule has 0 fully saturated rings. The minimum atomic E-state index is -0.807. The van der Waals surface area contributed by atoms with Crippen LogP contribution in [0.4, 0.5) is 8.78 Å². The molecule has 21 heavy (non-hydrogen) atoms. The highest BCUT2D eigenvalue weighted by atomic mass is 32.1. The fourth-order valence-corrected chi connectivity index (χ4v) is 3.08. The third-order valence-electron chi connectivity index (χ3n) is 3.17. The number of aliphatic hydroxyl groups is 1. The predicted octanol–water partition coefficient (Wildman–Crippen LogP) is 4.25. The first-order valence-electron chi connectivity index (χ1n) is 6.35. The molecule has 0 saturated carbocycles. The Bertz CT molecular complexity index is 760. The van der Waals surface area contributed by atoms with E-state index in [0.29, 0.717) is 0 Å². The summed E-state index contributed by atoms with van der Waals surface area (Å²) in [5.41, 5.74) is 1.07. The molecule has 0 bridgehead atoms. The zero-order valence-corrected chi connectivity index (χ0v) is 11.8. The van der Waals surface area contributed by atoms with Crippen molar-refractivity contribution in [3.05, 3.63) is 64.5 Å². The maximum atomic E-state index is 13.8. The van der Waals surface area contributed by atoms with E-state index in [0.717, 1.165) is 27.8 Å². The lowest BCUT2D eigenvalue weighted by Gasteiger charge is -2.09. The number of fused-ring (bicyclic) bond motifs is 1. The van der Waals surface area contributed by atoms with Crippen molar-refractivity contribution >= 4 is 21.4 Å². The number of thiophene rings is 1. The van der Waals surface area contributed by atoms with Gasteiger partial charge in [0.2, 0.25) is 0 Å². The molecule has 0 aliphatic rings. The van der Waals surface area contributed by atoms with Crippen molar-refractivity contribution in [3.63, 3.8) is 0 Å². The predicted molar refractivity (Wildman–Crippen MR) is 78.4 cm³/mol. The van der Waals surface area contributed by atoms with Gasteiger partial charge in [-0.2, -0.15) is 0 Å². The second-order valence-electron chi connectivity index (χ2n) is 4.59. The Kier molecular flexibility index (Phi) is 3.86. The van der Waals surface area contributed by atoms with Gasteiger partial charge in [-0.15, -0.1) is 11.3 Å². The quantitative estimate of drug-likeness (QED) is 0.781. The average Bonchev–Trinajstić information content (AvgIpc) is 2.89. The molecule has 2 aromatic carbocycles. The Morgan fingerprint density at radius 2 is 1.81 bits per heavy atom. The lowest BCUT2D eigenvalue weighted by Crippen LogP contribution is -2.01. The SMILES string of the molecule is OCc1cc(F)c(OCc2csc3ccccc23)c(F)c1. The van der Waals surface area contributed by atoms with Crippen molar-refractivity contribution in [2.75, 3.05) is 0 Å². The molecule has 108 valence electrons. The van der Waals surface area contributed by atoms with Crippen LogP contribution in [0, 0.1) is 11.6 Å². The molecule has 0 radical (unpaired) electrons. The Morgan fingerprint density at radius 1 is 1.10 bits per heavy atom. The average molecular weight is 306 g/mol. The highest BCUT2D eigenvalue weighted by Crippen LogP contribution is 2.29. The minimum Gasteiger partial charge on any atom is -0.483 e. The first-order chi connectivity index (χ1) is 10.2. The van der Waals surface area contributed by atoms with Gasteiger partial charge in [-0.05, 0) is 34.5 Å². The molecular formula is C16H12F2O2S. The molecule has 1 heterocycles. The molecule has 0 spiro atoms. The highest BCUT2D eigenvalue weighted by molar-refractivity contribution is 7.17. The van der Waals surface area contributed by atoms with E-state index in [1.54, 1.807) is 11.3 Å². The Hall–Kier alpha value is -1.98. The number of rotatable bonds is 4. The third-order valence-corrected chi connectivity index (χ3v) is 4.19. The van der Waals surface area contributed by atoms with Gasteiger partial charge in [0.25, 0.3) is 0 Å². The number of halogens is 2. The van der Waals surface area contributed by atoms with Crippen LogP contribution in [-0.2, 0) is 13.2 Å². The molecule has 0 aliphatic carbocycles. The first kappa shape index (κ1) is 14.0. The fourth-order valence-electron chi connectivity index (χ4n) is 2.14. The zero-order chi connectivity index (χ0) is 14.8. The van der Waals surface area contributed by atoms with E-state index in [2.05, 4.69) is 0 Å². The Labute approximate surface area is 124 Å². The van der Waals surface area contributed by atoms with Crippen LogP contribution in [0.2, 0.25) is 0 Å². The van der Waals surface area contributed by atoms with E-state index in [4.69, 9.17) is 9.84 Å². The Morgan fingerprint density at radius 3 is 2.52 bits per heavy atom. The van der Waals surface area contributed by atoms with E-state index in [9.17, 15) is 8.78 Å². The summed E-state index contributed by atoms with van der Waals surface area (Å²) >= 11 is 1.56. The normalized spacial score (nSPS) is 11.0. The third kappa shape index (κ3) is 2.75. The van der Waals surface area contributed by atoms with Crippen LogP contribution >= 0.6 is 11.3 Å². The molecule has 2 nitrogen and oxygen atoms in total. The molecule has 0 unspecified atom stereocenters. The molecule has 3 rings (SSSR count). The summed E-state index contributed by atoms with van der Waals surface area (Å²) in [6.45, 7) is -0.320. The monoisotopic (exact) mass is 306 g/mol. The molecule has 1 aromatic heterocycles. The summed E-state index contributed by atoms with van der Waals surface area (Å²) < 4.78 is 33.9. The van der Waals surface area contributed by atoms with Crippen molar-refractivity contribution in [1.29, 1.82) is 0 Å². The standard InChI is InChI=1S/C16H12F2O2S/c17-13-5-10(7-19)6-14(18)16(13)20-8-11-9-21-15-4-2-1-3-12(11)15/h1-6,9,19H,7-8H2. The largest absolute Gasteiger partial charge is 0.483 e. The topological polar surface area (TPSA) is 29.5 Å². The second-order valence-corrected chi connectivity index (χ2v) is 5.50. The van der Waals surface area contributed by atoms with Crippen LogP contribution in [0.1, 0.15) is 11.1 Å². The molecule has 3 aromatic rings. The van der Waals surface area contributed by atoms with E-state index in [1.165, 1.54) is 0 Å². The maximum absolute atomic E-state index is 13.8. The lowest BCUT2D eigenvalue weighted by atomic mass is 10.2. The number of benzene rings is 2.